The number of thiazole rings is 1. The molecule has 1 aromatic heterocycles. The number of ether oxygens (including phenoxy) is 1. The molecule has 90 valence electrons. The highest BCUT2D eigenvalue weighted by Crippen LogP contribution is 2.31. The number of morpholine rings is 1. The zero-order chi connectivity index (χ0) is 11.5. The highest BCUT2D eigenvalue weighted by molar-refractivity contribution is 8.01. The second-order valence-electron chi connectivity index (χ2n) is 3.99. The van der Waals surface area contributed by atoms with Gasteiger partial charge in [-0.25, -0.2) is 4.98 Å². The quantitative estimate of drug-likeness (QED) is 0.833. The second-order valence-corrected chi connectivity index (χ2v) is 6.31. The molecule has 1 atom stereocenters. The van der Waals surface area contributed by atoms with Crippen LogP contribution in [-0.2, 0) is 4.74 Å². The van der Waals surface area contributed by atoms with E-state index in [1.807, 2.05) is 6.92 Å². The number of nitrogen functional groups attached to an aromatic ring is 1. The highest BCUT2D eigenvalue weighted by Gasteiger charge is 2.18. The third-order valence-electron chi connectivity index (χ3n) is 2.51. The fourth-order valence-electron chi connectivity index (χ4n) is 1.67. The standard InChI is InChI=1S/C10H17N3OS2/c1-7-9(16-10(11)12-7)15-6-8-5-13(2)3-4-14-8/h8H,3-6H2,1-2H3,(H2,11,12). The number of rotatable bonds is 3. The molecular formula is C10H17N3OS2. The molecule has 0 saturated carbocycles. The van der Waals surface area contributed by atoms with Crippen LogP contribution in [0.5, 0.6) is 0 Å². The van der Waals surface area contributed by atoms with Crippen molar-refractivity contribution in [3.05, 3.63) is 5.69 Å². The molecule has 1 aliphatic rings. The molecule has 0 amide bonds. The number of anilines is 1. The zero-order valence-electron chi connectivity index (χ0n) is 9.60. The number of aryl methyl sites for hydroxylation is 1. The van der Waals surface area contributed by atoms with Crippen LogP contribution < -0.4 is 5.73 Å². The van der Waals surface area contributed by atoms with Crippen molar-refractivity contribution in [2.24, 2.45) is 0 Å². The first kappa shape index (κ1) is 12.2. The molecule has 2 heterocycles. The maximum absolute atomic E-state index is 5.71. The van der Waals surface area contributed by atoms with Gasteiger partial charge in [0.25, 0.3) is 0 Å². The predicted molar refractivity (Wildman–Crippen MR) is 69.2 cm³/mol. The molecule has 0 aliphatic carbocycles. The minimum Gasteiger partial charge on any atom is -0.375 e. The molecule has 0 aromatic carbocycles. The number of nitrogens with zero attached hydrogens (tertiary/aromatic N) is 2. The van der Waals surface area contributed by atoms with Crippen molar-refractivity contribution >= 4 is 28.2 Å². The van der Waals surface area contributed by atoms with Crippen molar-refractivity contribution in [3.63, 3.8) is 0 Å². The van der Waals surface area contributed by atoms with Crippen LogP contribution in [0.3, 0.4) is 0 Å². The minimum absolute atomic E-state index is 0.325. The highest BCUT2D eigenvalue weighted by atomic mass is 32.2. The van der Waals surface area contributed by atoms with Crippen LogP contribution in [0, 0.1) is 6.92 Å². The van der Waals surface area contributed by atoms with E-state index < -0.39 is 0 Å². The van der Waals surface area contributed by atoms with Crippen molar-refractivity contribution in [2.75, 3.05) is 38.2 Å². The molecule has 0 bridgehead atoms. The summed E-state index contributed by atoms with van der Waals surface area (Å²) in [7, 11) is 2.14. The van der Waals surface area contributed by atoms with Gasteiger partial charge >= 0.3 is 0 Å². The smallest absolute Gasteiger partial charge is 0.181 e. The van der Waals surface area contributed by atoms with Crippen molar-refractivity contribution in [2.45, 2.75) is 17.2 Å². The molecule has 1 unspecified atom stereocenters. The normalized spacial score (nSPS) is 22.5. The Morgan fingerprint density at radius 2 is 2.50 bits per heavy atom. The summed E-state index contributed by atoms with van der Waals surface area (Å²) in [5, 5.41) is 0.654. The van der Waals surface area contributed by atoms with Gasteiger partial charge in [0.1, 0.15) is 0 Å². The zero-order valence-corrected chi connectivity index (χ0v) is 11.2. The largest absolute Gasteiger partial charge is 0.375 e. The summed E-state index contributed by atoms with van der Waals surface area (Å²) in [6.45, 7) is 4.89. The fraction of sp³-hybridized carbons (Fsp3) is 0.700. The molecule has 2 N–H and O–H groups in total. The van der Waals surface area contributed by atoms with E-state index in [4.69, 9.17) is 10.5 Å². The molecule has 1 aromatic rings. The fourth-order valence-corrected chi connectivity index (χ4v) is 3.73. The lowest BCUT2D eigenvalue weighted by Gasteiger charge is -2.29. The van der Waals surface area contributed by atoms with E-state index in [9.17, 15) is 0 Å². The maximum atomic E-state index is 5.71. The van der Waals surface area contributed by atoms with Gasteiger partial charge < -0.3 is 15.4 Å². The van der Waals surface area contributed by atoms with Gasteiger partial charge in [0, 0.05) is 18.8 Å². The Labute approximate surface area is 104 Å². The summed E-state index contributed by atoms with van der Waals surface area (Å²) in [6, 6.07) is 0. The van der Waals surface area contributed by atoms with Crippen LogP contribution >= 0.6 is 23.1 Å². The summed E-state index contributed by atoms with van der Waals surface area (Å²) in [5.41, 5.74) is 6.70. The van der Waals surface area contributed by atoms with Gasteiger partial charge in [-0.3, -0.25) is 0 Å². The Hall–Kier alpha value is -0.300. The van der Waals surface area contributed by atoms with E-state index in [1.54, 1.807) is 23.1 Å². The molecule has 1 saturated heterocycles. The molecule has 4 nitrogen and oxygen atoms in total. The van der Waals surface area contributed by atoms with Crippen LogP contribution in [0.2, 0.25) is 0 Å². The Morgan fingerprint density at radius 1 is 1.69 bits per heavy atom. The van der Waals surface area contributed by atoms with E-state index in [0.29, 0.717) is 11.2 Å². The first-order valence-corrected chi connectivity index (χ1v) is 7.11. The van der Waals surface area contributed by atoms with Crippen molar-refractivity contribution < 1.29 is 4.74 Å². The van der Waals surface area contributed by atoms with Crippen LogP contribution in [0.4, 0.5) is 5.13 Å². The average molecular weight is 259 g/mol. The van der Waals surface area contributed by atoms with Crippen molar-refractivity contribution in [1.29, 1.82) is 0 Å². The summed E-state index contributed by atoms with van der Waals surface area (Å²) >= 11 is 3.36. The van der Waals surface area contributed by atoms with E-state index in [2.05, 4.69) is 16.9 Å². The monoisotopic (exact) mass is 259 g/mol. The molecule has 6 heteroatoms. The van der Waals surface area contributed by atoms with Crippen molar-refractivity contribution in [3.8, 4) is 0 Å². The SMILES string of the molecule is Cc1nc(N)sc1SCC1CN(C)CCO1. The molecule has 1 fully saturated rings. The van der Waals surface area contributed by atoms with Gasteiger partial charge in [0.2, 0.25) is 0 Å². The van der Waals surface area contributed by atoms with Gasteiger partial charge in [0.05, 0.1) is 22.6 Å². The summed E-state index contributed by atoms with van der Waals surface area (Å²) in [5.74, 6) is 0.979. The molecule has 0 radical (unpaired) electrons. The van der Waals surface area contributed by atoms with E-state index in [1.165, 1.54) is 4.21 Å². The molecule has 2 rings (SSSR count). The molecule has 16 heavy (non-hydrogen) atoms. The molecule has 0 spiro atoms. The lowest BCUT2D eigenvalue weighted by Crippen LogP contribution is -2.41. The third kappa shape index (κ3) is 3.10. The van der Waals surface area contributed by atoms with Gasteiger partial charge in [0.15, 0.2) is 5.13 Å². The maximum Gasteiger partial charge on any atom is 0.181 e. The number of thioether (sulfide) groups is 1. The van der Waals surface area contributed by atoms with E-state index >= 15 is 0 Å². The van der Waals surface area contributed by atoms with Crippen LogP contribution in [0.15, 0.2) is 4.21 Å². The van der Waals surface area contributed by atoms with Gasteiger partial charge in [-0.15, -0.1) is 11.8 Å². The van der Waals surface area contributed by atoms with Gasteiger partial charge in [-0.1, -0.05) is 11.3 Å². The Kier molecular flexibility index (Phi) is 4.07. The lowest BCUT2D eigenvalue weighted by atomic mass is 10.3. The van der Waals surface area contributed by atoms with E-state index in [-0.39, 0.29) is 0 Å². The first-order chi connectivity index (χ1) is 7.65. The van der Waals surface area contributed by atoms with Gasteiger partial charge in [-0.05, 0) is 14.0 Å². The molecular weight excluding hydrogens is 242 g/mol. The second kappa shape index (κ2) is 5.35. The van der Waals surface area contributed by atoms with Crippen LogP contribution in [0.25, 0.3) is 0 Å². The van der Waals surface area contributed by atoms with Crippen LogP contribution in [0.1, 0.15) is 5.69 Å². The predicted octanol–water partition coefficient (Wildman–Crippen LogP) is 1.46. The number of likely N-dealkylation sites (N-methyl/N-ethyl adjacent to an activating group) is 1. The summed E-state index contributed by atoms with van der Waals surface area (Å²) < 4.78 is 6.92. The van der Waals surface area contributed by atoms with Gasteiger partial charge in [-0.2, -0.15) is 0 Å². The number of nitrogens with two attached hydrogens (primary N) is 1. The molecule has 1 aliphatic heterocycles. The Morgan fingerprint density at radius 3 is 3.12 bits per heavy atom. The Balaban J connectivity index is 1.85. The average Bonchev–Trinajstić information content (AvgIpc) is 2.54. The van der Waals surface area contributed by atoms with Crippen molar-refractivity contribution in [1.82, 2.24) is 9.88 Å². The van der Waals surface area contributed by atoms with E-state index in [0.717, 1.165) is 31.1 Å². The minimum atomic E-state index is 0.325. The first-order valence-electron chi connectivity index (χ1n) is 5.31. The third-order valence-corrected chi connectivity index (χ3v) is 4.99. The topological polar surface area (TPSA) is 51.4 Å². The lowest BCUT2D eigenvalue weighted by molar-refractivity contribution is -0.00597. The number of hydrogen-bond donors (Lipinski definition) is 1. The summed E-state index contributed by atoms with van der Waals surface area (Å²) in [4.78, 5) is 6.52. The number of aromatic nitrogens is 1. The van der Waals surface area contributed by atoms with Crippen LogP contribution in [-0.4, -0.2) is 48.5 Å². The Bertz CT molecular complexity index is 356. The summed E-state index contributed by atoms with van der Waals surface area (Å²) in [6.07, 6.45) is 0.325. The number of hydrogen-bond acceptors (Lipinski definition) is 6.